The number of nitriles is 1. The minimum atomic E-state index is -1.31. The van der Waals surface area contributed by atoms with Gasteiger partial charge in [0, 0.05) is 5.69 Å². The minimum absolute atomic E-state index is 0.151. The molecule has 1 heterocycles. The molecule has 0 saturated heterocycles. The van der Waals surface area contributed by atoms with Crippen molar-refractivity contribution in [1.82, 2.24) is 5.43 Å². The molecule has 2 aromatic rings. The Kier molecular flexibility index (Phi) is 6.37. The zero-order valence-electron chi connectivity index (χ0n) is 16.6. The number of hydrogen-bond donors (Lipinski definition) is 3. The quantitative estimate of drug-likeness (QED) is 0.477. The van der Waals surface area contributed by atoms with Crippen LogP contribution < -0.4 is 21.5 Å². The summed E-state index contributed by atoms with van der Waals surface area (Å²) in [5, 5.41) is 20.3. The van der Waals surface area contributed by atoms with E-state index in [1.165, 1.54) is 0 Å². The number of para-hydroxylation sites is 2. The molecule has 1 aliphatic rings. The molecule has 0 fully saturated rings. The van der Waals surface area contributed by atoms with Gasteiger partial charge >= 0.3 is 0 Å². The average molecular weight is 417 g/mol. The van der Waals surface area contributed by atoms with E-state index in [0.29, 0.717) is 11.4 Å². The van der Waals surface area contributed by atoms with E-state index in [4.69, 9.17) is 11.0 Å². The summed E-state index contributed by atoms with van der Waals surface area (Å²) in [5.74, 6) is -3.53. The number of nitrogens with one attached hydrogen (secondary N) is 2. The Hall–Kier alpha value is -4.52. The van der Waals surface area contributed by atoms with Crippen molar-refractivity contribution in [1.29, 1.82) is 5.26 Å². The summed E-state index contributed by atoms with van der Waals surface area (Å²) in [6, 6.07) is 17.3. The van der Waals surface area contributed by atoms with Gasteiger partial charge in [-0.05, 0) is 30.7 Å². The minimum Gasteiger partial charge on any atom is -0.385 e. The van der Waals surface area contributed by atoms with Gasteiger partial charge in [0.05, 0.1) is 11.8 Å². The third kappa shape index (κ3) is 4.73. The number of aryl methyl sites for hydroxylation is 1. The average Bonchev–Trinajstić information content (AvgIpc) is 3.05. The molecule has 1 unspecified atom stereocenters. The van der Waals surface area contributed by atoms with Gasteiger partial charge in [0.25, 0.3) is 17.7 Å². The second kappa shape index (κ2) is 9.32. The highest BCUT2D eigenvalue weighted by Crippen LogP contribution is 2.24. The molecule has 0 aliphatic carbocycles. The van der Waals surface area contributed by atoms with Crippen molar-refractivity contribution in [2.45, 2.75) is 13.3 Å². The molecule has 31 heavy (non-hydrogen) atoms. The van der Waals surface area contributed by atoms with Gasteiger partial charge in [0.2, 0.25) is 0 Å². The van der Waals surface area contributed by atoms with Gasteiger partial charge in [0.15, 0.2) is 0 Å². The molecule has 0 aromatic heterocycles. The second-order valence-electron chi connectivity index (χ2n) is 6.58. The molecular weight excluding hydrogens is 398 g/mol. The van der Waals surface area contributed by atoms with E-state index in [1.807, 2.05) is 6.07 Å². The van der Waals surface area contributed by atoms with Crippen molar-refractivity contribution < 1.29 is 14.4 Å². The number of rotatable bonds is 6. The predicted molar refractivity (Wildman–Crippen MR) is 115 cm³/mol. The molecule has 0 spiro atoms. The van der Waals surface area contributed by atoms with Crippen LogP contribution in [-0.2, 0) is 14.4 Å². The van der Waals surface area contributed by atoms with E-state index in [1.54, 1.807) is 61.5 Å². The number of anilines is 2. The summed E-state index contributed by atoms with van der Waals surface area (Å²) in [4.78, 5) is 37.8. The highest BCUT2D eigenvalue weighted by molar-refractivity contribution is 6.52. The lowest BCUT2D eigenvalue weighted by atomic mass is 10.0. The van der Waals surface area contributed by atoms with Crippen LogP contribution in [0.4, 0.5) is 11.4 Å². The van der Waals surface area contributed by atoms with Crippen LogP contribution in [0.25, 0.3) is 0 Å². The number of hydrogen-bond acceptors (Lipinski definition) is 7. The van der Waals surface area contributed by atoms with Gasteiger partial charge < -0.3 is 11.1 Å². The summed E-state index contributed by atoms with van der Waals surface area (Å²) < 4.78 is 0. The lowest BCUT2D eigenvalue weighted by molar-refractivity contribution is -0.120. The predicted octanol–water partition coefficient (Wildman–Crippen LogP) is 1.25. The first-order valence-corrected chi connectivity index (χ1v) is 9.25. The summed E-state index contributed by atoms with van der Waals surface area (Å²) in [6.07, 6.45) is -0.464. The maximum Gasteiger partial charge on any atom is 0.273 e. The molecular formula is C21H19N7O3. The van der Waals surface area contributed by atoms with E-state index in [-0.39, 0.29) is 11.5 Å². The van der Waals surface area contributed by atoms with Gasteiger partial charge in [-0.2, -0.15) is 20.5 Å². The number of amidine groups is 1. The number of carbonyl (C=O) groups excluding carboxylic acids is 3. The van der Waals surface area contributed by atoms with Crippen LogP contribution in [-0.4, -0.2) is 29.3 Å². The maximum absolute atomic E-state index is 13.1. The fourth-order valence-electron chi connectivity index (χ4n) is 2.86. The number of carbonyl (C=O) groups is 3. The Morgan fingerprint density at radius 2 is 1.87 bits per heavy atom. The first kappa shape index (κ1) is 21.2. The topological polar surface area (TPSA) is 153 Å². The Morgan fingerprint density at radius 1 is 1.19 bits per heavy atom. The largest absolute Gasteiger partial charge is 0.385 e. The molecule has 0 radical (unpaired) electrons. The van der Waals surface area contributed by atoms with Crippen LogP contribution in [0.15, 0.2) is 64.8 Å². The zero-order valence-corrected chi connectivity index (χ0v) is 16.6. The van der Waals surface area contributed by atoms with Crippen LogP contribution in [0.3, 0.4) is 0 Å². The molecule has 2 aromatic carbocycles. The van der Waals surface area contributed by atoms with Gasteiger partial charge in [-0.3, -0.25) is 14.4 Å². The van der Waals surface area contributed by atoms with E-state index in [0.717, 1.165) is 10.6 Å². The Labute approximate surface area is 178 Å². The Balaban J connectivity index is 1.93. The van der Waals surface area contributed by atoms with Crippen molar-refractivity contribution in [3.05, 3.63) is 60.2 Å². The lowest BCUT2D eigenvalue weighted by Gasteiger charge is -2.16. The molecule has 3 amide bonds. The van der Waals surface area contributed by atoms with Crippen molar-refractivity contribution in [2.24, 2.45) is 21.9 Å². The third-order valence-electron chi connectivity index (χ3n) is 4.41. The molecule has 10 heteroatoms. The van der Waals surface area contributed by atoms with E-state index < -0.39 is 30.1 Å². The zero-order chi connectivity index (χ0) is 22.4. The van der Waals surface area contributed by atoms with Crippen LogP contribution in [0.2, 0.25) is 0 Å². The van der Waals surface area contributed by atoms with Gasteiger partial charge in [-0.15, -0.1) is 0 Å². The number of benzene rings is 2. The molecule has 0 bridgehead atoms. The van der Waals surface area contributed by atoms with Gasteiger partial charge in [-0.25, -0.2) is 5.43 Å². The van der Waals surface area contributed by atoms with Crippen LogP contribution in [0.1, 0.15) is 12.0 Å². The van der Waals surface area contributed by atoms with Gasteiger partial charge in [0.1, 0.15) is 23.9 Å². The van der Waals surface area contributed by atoms with Gasteiger partial charge in [-0.1, -0.05) is 36.4 Å². The molecule has 10 nitrogen and oxygen atoms in total. The number of amides is 3. The van der Waals surface area contributed by atoms with Crippen LogP contribution in [0, 0.1) is 24.2 Å². The number of nitrogens with zero attached hydrogens (tertiary/aromatic N) is 4. The number of hydrazone groups is 2. The third-order valence-corrected chi connectivity index (χ3v) is 4.41. The Morgan fingerprint density at radius 3 is 2.55 bits per heavy atom. The summed E-state index contributed by atoms with van der Waals surface area (Å²) in [7, 11) is 0. The highest BCUT2D eigenvalue weighted by atomic mass is 16.2. The summed E-state index contributed by atoms with van der Waals surface area (Å²) in [6.45, 7) is 1.80. The van der Waals surface area contributed by atoms with Crippen LogP contribution in [0.5, 0.6) is 0 Å². The molecule has 3 rings (SSSR count). The second-order valence-corrected chi connectivity index (χ2v) is 6.58. The SMILES string of the molecule is Cc1ccccc1NC(=O)C(=NNC(=O)CC#N)C1C(=O)N(c2ccccc2)N=C1N. The summed E-state index contributed by atoms with van der Waals surface area (Å²) >= 11 is 0. The fourth-order valence-corrected chi connectivity index (χ4v) is 2.86. The summed E-state index contributed by atoms with van der Waals surface area (Å²) in [5.41, 5.74) is 9.51. The van der Waals surface area contributed by atoms with E-state index in [9.17, 15) is 14.4 Å². The van der Waals surface area contributed by atoms with Crippen LogP contribution >= 0.6 is 0 Å². The van der Waals surface area contributed by atoms with E-state index in [2.05, 4.69) is 20.9 Å². The molecule has 1 aliphatic heterocycles. The molecule has 0 saturated carbocycles. The van der Waals surface area contributed by atoms with E-state index >= 15 is 0 Å². The van der Waals surface area contributed by atoms with Crippen molar-refractivity contribution in [3.8, 4) is 6.07 Å². The van der Waals surface area contributed by atoms with Crippen molar-refractivity contribution >= 4 is 40.6 Å². The first-order chi connectivity index (χ1) is 14.9. The molecule has 4 N–H and O–H groups in total. The highest BCUT2D eigenvalue weighted by Gasteiger charge is 2.42. The molecule has 1 atom stereocenters. The van der Waals surface area contributed by atoms with Crippen molar-refractivity contribution in [3.63, 3.8) is 0 Å². The maximum atomic E-state index is 13.1. The normalized spacial score (nSPS) is 15.8. The standard InChI is InChI=1S/C21H19N7O3/c1-13-7-5-6-10-15(13)24-20(30)18(26-25-16(29)11-12-22)17-19(23)27-28(21(17)31)14-8-3-2-4-9-14/h2-10,17H,11H2,1H3,(H2,23,27)(H,24,30)(H,25,29). The lowest BCUT2D eigenvalue weighted by Crippen LogP contribution is -2.43. The smallest absolute Gasteiger partial charge is 0.273 e. The van der Waals surface area contributed by atoms with Crippen molar-refractivity contribution in [2.75, 3.05) is 10.3 Å². The number of nitrogens with two attached hydrogens (primary N) is 1. The Bertz CT molecular complexity index is 1120. The first-order valence-electron chi connectivity index (χ1n) is 9.25. The monoisotopic (exact) mass is 417 g/mol. The molecule has 156 valence electrons. The fraction of sp³-hybridized carbons (Fsp3) is 0.143.